The van der Waals surface area contributed by atoms with Crippen LogP contribution in [0.25, 0.3) is 0 Å². The van der Waals surface area contributed by atoms with Gasteiger partial charge in [0, 0.05) is 18.2 Å². The molecule has 1 aromatic carbocycles. The maximum atomic E-state index is 13.7. The van der Waals surface area contributed by atoms with Gasteiger partial charge in [-0.15, -0.1) is 0 Å². The second-order valence-corrected chi connectivity index (χ2v) is 4.69. The lowest BCUT2D eigenvalue weighted by molar-refractivity contribution is 0.0996. The minimum atomic E-state index is -0.485. The average Bonchev–Trinajstić information content (AvgIpc) is 2.86. The van der Waals surface area contributed by atoms with Gasteiger partial charge < -0.3 is 10.1 Å². The van der Waals surface area contributed by atoms with E-state index < -0.39 is 11.6 Å². The molecule has 0 amide bonds. The highest BCUT2D eigenvalue weighted by molar-refractivity contribution is 5.23. The Morgan fingerprint density at radius 1 is 1.39 bits per heavy atom. The minimum absolute atomic E-state index is 0.137. The number of nitrogens with one attached hydrogen (secondary N) is 1. The van der Waals surface area contributed by atoms with Gasteiger partial charge in [-0.25, -0.2) is 8.78 Å². The molecule has 0 spiro atoms. The molecule has 0 aliphatic carbocycles. The van der Waals surface area contributed by atoms with Crippen LogP contribution in [0.15, 0.2) is 18.2 Å². The fourth-order valence-electron chi connectivity index (χ4n) is 2.50. The van der Waals surface area contributed by atoms with Gasteiger partial charge in [-0.2, -0.15) is 0 Å². The molecule has 2 nitrogen and oxygen atoms in total. The van der Waals surface area contributed by atoms with Crippen molar-refractivity contribution < 1.29 is 13.5 Å². The van der Waals surface area contributed by atoms with Crippen LogP contribution in [0.2, 0.25) is 0 Å². The first-order valence-electron chi connectivity index (χ1n) is 6.45. The van der Waals surface area contributed by atoms with Gasteiger partial charge in [0.15, 0.2) is 0 Å². The van der Waals surface area contributed by atoms with Crippen LogP contribution in [0.3, 0.4) is 0 Å². The van der Waals surface area contributed by atoms with Crippen molar-refractivity contribution in [2.45, 2.75) is 37.8 Å². The summed E-state index contributed by atoms with van der Waals surface area (Å²) < 4.78 is 32.9. The molecule has 0 bridgehead atoms. The van der Waals surface area contributed by atoms with E-state index in [0.717, 1.165) is 25.9 Å². The van der Waals surface area contributed by atoms with Crippen LogP contribution in [-0.4, -0.2) is 19.8 Å². The molecule has 100 valence electrons. The van der Waals surface area contributed by atoms with Crippen LogP contribution in [0, 0.1) is 11.6 Å². The number of halogens is 2. The van der Waals surface area contributed by atoms with Gasteiger partial charge in [0.25, 0.3) is 0 Å². The number of hydrogen-bond donors (Lipinski definition) is 1. The fourth-order valence-corrected chi connectivity index (χ4v) is 2.50. The van der Waals surface area contributed by atoms with Crippen LogP contribution >= 0.6 is 0 Å². The summed E-state index contributed by atoms with van der Waals surface area (Å²) in [6, 6.07) is 3.69. The van der Waals surface area contributed by atoms with Gasteiger partial charge in [0.05, 0.1) is 6.10 Å². The molecule has 1 aromatic rings. The van der Waals surface area contributed by atoms with Crippen molar-refractivity contribution in [3.8, 4) is 0 Å². The van der Waals surface area contributed by atoms with Gasteiger partial charge in [-0.05, 0) is 44.9 Å². The summed E-state index contributed by atoms with van der Waals surface area (Å²) in [6.45, 7) is 0.808. The molecule has 1 N–H and O–H groups in total. The molecule has 1 fully saturated rings. The maximum Gasteiger partial charge on any atom is 0.130 e. The summed E-state index contributed by atoms with van der Waals surface area (Å²) in [5.41, 5.74) is 0.137. The molecule has 2 unspecified atom stereocenters. The Morgan fingerprint density at radius 3 is 2.67 bits per heavy atom. The van der Waals surface area contributed by atoms with Crippen molar-refractivity contribution in [1.82, 2.24) is 5.32 Å². The zero-order chi connectivity index (χ0) is 13.0. The average molecular weight is 255 g/mol. The Balaban J connectivity index is 2.03. The Kier molecular flexibility index (Phi) is 4.66. The second kappa shape index (κ2) is 6.25. The van der Waals surface area contributed by atoms with Crippen molar-refractivity contribution in [2.75, 3.05) is 13.7 Å². The van der Waals surface area contributed by atoms with E-state index >= 15 is 0 Å². The topological polar surface area (TPSA) is 21.3 Å². The third-order valence-electron chi connectivity index (χ3n) is 3.50. The molecule has 2 atom stereocenters. The Bertz CT molecular complexity index is 371. The summed E-state index contributed by atoms with van der Waals surface area (Å²) in [7, 11) is 1.73. The highest BCUT2D eigenvalue weighted by Crippen LogP contribution is 2.27. The molecule has 1 aliphatic rings. The van der Waals surface area contributed by atoms with E-state index in [2.05, 4.69) is 5.32 Å². The zero-order valence-electron chi connectivity index (χ0n) is 10.6. The normalized spacial score (nSPS) is 21.2. The number of hydrogen-bond acceptors (Lipinski definition) is 2. The third kappa shape index (κ3) is 3.06. The van der Waals surface area contributed by atoms with E-state index in [0.29, 0.717) is 6.42 Å². The van der Waals surface area contributed by atoms with Crippen molar-refractivity contribution in [2.24, 2.45) is 0 Å². The Labute approximate surface area is 106 Å². The lowest BCUT2D eigenvalue weighted by atomic mass is 9.98. The van der Waals surface area contributed by atoms with Gasteiger partial charge in [-0.1, -0.05) is 6.07 Å². The molecule has 0 radical (unpaired) electrons. The van der Waals surface area contributed by atoms with Crippen LogP contribution < -0.4 is 5.32 Å². The molecule has 18 heavy (non-hydrogen) atoms. The molecule has 0 aromatic heterocycles. The first-order valence-corrected chi connectivity index (χ1v) is 6.45. The van der Waals surface area contributed by atoms with E-state index in [4.69, 9.17) is 4.74 Å². The quantitative estimate of drug-likeness (QED) is 0.872. The summed E-state index contributed by atoms with van der Waals surface area (Å²) in [6.07, 6.45) is 3.90. The SMILES string of the molecule is CNC(CCC1CCCO1)c1c(F)cccc1F. The predicted octanol–water partition coefficient (Wildman–Crippen LogP) is 3.18. The van der Waals surface area contributed by atoms with Gasteiger partial charge in [-0.3, -0.25) is 0 Å². The number of ether oxygens (including phenoxy) is 1. The van der Waals surface area contributed by atoms with Gasteiger partial charge >= 0.3 is 0 Å². The fraction of sp³-hybridized carbons (Fsp3) is 0.571. The van der Waals surface area contributed by atoms with Crippen LogP contribution in [0.5, 0.6) is 0 Å². The van der Waals surface area contributed by atoms with E-state index in [9.17, 15) is 8.78 Å². The molecular formula is C14H19F2NO. The van der Waals surface area contributed by atoms with Gasteiger partial charge in [0.2, 0.25) is 0 Å². The smallest absolute Gasteiger partial charge is 0.130 e. The van der Waals surface area contributed by atoms with E-state index in [-0.39, 0.29) is 17.7 Å². The second-order valence-electron chi connectivity index (χ2n) is 4.69. The third-order valence-corrected chi connectivity index (χ3v) is 3.50. The molecule has 1 saturated heterocycles. The molecule has 4 heteroatoms. The highest BCUT2D eigenvalue weighted by atomic mass is 19.1. The maximum absolute atomic E-state index is 13.7. The van der Waals surface area contributed by atoms with Crippen LogP contribution in [0.1, 0.15) is 37.3 Å². The molecule has 1 aliphatic heterocycles. The monoisotopic (exact) mass is 255 g/mol. The van der Waals surface area contributed by atoms with Crippen molar-refractivity contribution in [3.05, 3.63) is 35.4 Å². The molecular weight excluding hydrogens is 236 g/mol. The lowest BCUT2D eigenvalue weighted by Gasteiger charge is -2.19. The van der Waals surface area contributed by atoms with E-state index in [1.54, 1.807) is 7.05 Å². The largest absolute Gasteiger partial charge is 0.378 e. The summed E-state index contributed by atoms with van der Waals surface area (Å²) in [5, 5.41) is 2.99. The number of rotatable bonds is 5. The van der Waals surface area contributed by atoms with Crippen LogP contribution in [-0.2, 0) is 4.74 Å². The van der Waals surface area contributed by atoms with Gasteiger partial charge in [0.1, 0.15) is 11.6 Å². The summed E-state index contributed by atoms with van der Waals surface area (Å²) in [5.74, 6) is -0.969. The van der Waals surface area contributed by atoms with E-state index in [1.807, 2.05) is 0 Å². The summed E-state index contributed by atoms with van der Waals surface area (Å²) >= 11 is 0. The van der Waals surface area contributed by atoms with E-state index in [1.165, 1.54) is 18.2 Å². The first kappa shape index (κ1) is 13.4. The predicted molar refractivity (Wildman–Crippen MR) is 66.4 cm³/mol. The van der Waals surface area contributed by atoms with Crippen molar-refractivity contribution >= 4 is 0 Å². The standard InChI is InChI=1S/C14H19F2NO/c1-17-13(8-7-10-4-3-9-18-10)14-11(15)5-2-6-12(14)16/h2,5-6,10,13,17H,3-4,7-9H2,1H3. The minimum Gasteiger partial charge on any atom is -0.378 e. The Morgan fingerprint density at radius 2 is 2.11 bits per heavy atom. The van der Waals surface area contributed by atoms with Crippen molar-refractivity contribution in [1.29, 1.82) is 0 Å². The lowest BCUT2D eigenvalue weighted by Crippen LogP contribution is -2.21. The molecule has 1 heterocycles. The summed E-state index contributed by atoms with van der Waals surface area (Å²) in [4.78, 5) is 0. The Hall–Kier alpha value is -1.00. The molecule has 0 saturated carbocycles. The first-order chi connectivity index (χ1) is 8.72. The number of benzene rings is 1. The highest BCUT2D eigenvalue weighted by Gasteiger charge is 2.22. The zero-order valence-corrected chi connectivity index (χ0v) is 10.6. The van der Waals surface area contributed by atoms with Crippen LogP contribution in [0.4, 0.5) is 8.78 Å². The van der Waals surface area contributed by atoms with Crippen molar-refractivity contribution in [3.63, 3.8) is 0 Å². The molecule has 2 rings (SSSR count).